The first-order valence-corrected chi connectivity index (χ1v) is 6.29. The van der Waals surface area contributed by atoms with E-state index in [-0.39, 0.29) is 5.91 Å². The zero-order chi connectivity index (χ0) is 13.7. The lowest BCUT2D eigenvalue weighted by Gasteiger charge is -2.15. The van der Waals surface area contributed by atoms with Gasteiger partial charge in [0.15, 0.2) is 0 Å². The predicted molar refractivity (Wildman–Crippen MR) is 72.4 cm³/mol. The van der Waals surface area contributed by atoms with Crippen molar-refractivity contribution in [1.29, 1.82) is 0 Å². The van der Waals surface area contributed by atoms with Crippen LogP contribution in [0.4, 0.5) is 0 Å². The van der Waals surface area contributed by atoms with Gasteiger partial charge in [0.05, 0.1) is 6.54 Å². The number of H-pyrrole nitrogens is 1. The molecule has 1 aromatic heterocycles. The van der Waals surface area contributed by atoms with Crippen molar-refractivity contribution in [3.8, 4) is 0 Å². The first-order valence-electron chi connectivity index (χ1n) is 6.29. The Kier molecular flexibility index (Phi) is 4.28. The Bertz CT molecular complexity index is 536. The van der Waals surface area contributed by atoms with Crippen LogP contribution in [-0.4, -0.2) is 33.0 Å². The Morgan fingerprint density at radius 1 is 1.37 bits per heavy atom. The van der Waals surface area contributed by atoms with E-state index in [2.05, 4.69) is 34.2 Å². The molecule has 5 heteroatoms. The number of hydrogen-bond donors (Lipinski definition) is 1. The fraction of sp³-hybridized carbons (Fsp3) is 0.357. The molecule has 0 saturated carbocycles. The number of rotatable bonds is 5. The SMILES string of the molecule is Cc1ccccc1CCC(=O)N(C)Cc1ncn[nH]1. The van der Waals surface area contributed by atoms with Crippen LogP contribution in [-0.2, 0) is 17.8 Å². The van der Waals surface area contributed by atoms with E-state index >= 15 is 0 Å². The molecule has 2 aromatic rings. The van der Waals surface area contributed by atoms with Crippen molar-refractivity contribution in [2.45, 2.75) is 26.3 Å². The summed E-state index contributed by atoms with van der Waals surface area (Å²) in [6, 6.07) is 8.15. The Morgan fingerprint density at radius 3 is 2.84 bits per heavy atom. The summed E-state index contributed by atoms with van der Waals surface area (Å²) >= 11 is 0. The third kappa shape index (κ3) is 3.64. The van der Waals surface area contributed by atoms with Crippen LogP contribution >= 0.6 is 0 Å². The highest BCUT2D eigenvalue weighted by Crippen LogP contribution is 2.10. The average molecular weight is 258 g/mol. The highest BCUT2D eigenvalue weighted by atomic mass is 16.2. The van der Waals surface area contributed by atoms with Crippen LogP contribution in [0.15, 0.2) is 30.6 Å². The van der Waals surface area contributed by atoms with E-state index in [1.807, 2.05) is 12.1 Å². The molecule has 0 unspecified atom stereocenters. The van der Waals surface area contributed by atoms with Gasteiger partial charge in [0.25, 0.3) is 0 Å². The zero-order valence-corrected chi connectivity index (χ0v) is 11.3. The normalized spacial score (nSPS) is 10.4. The van der Waals surface area contributed by atoms with E-state index < -0.39 is 0 Å². The van der Waals surface area contributed by atoms with Crippen LogP contribution in [0.2, 0.25) is 0 Å². The van der Waals surface area contributed by atoms with Gasteiger partial charge in [-0.2, -0.15) is 5.10 Å². The number of amides is 1. The monoisotopic (exact) mass is 258 g/mol. The molecule has 1 amide bonds. The zero-order valence-electron chi connectivity index (χ0n) is 11.3. The van der Waals surface area contributed by atoms with Gasteiger partial charge < -0.3 is 4.90 Å². The number of hydrogen-bond acceptors (Lipinski definition) is 3. The number of nitrogens with zero attached hydrogens (tertiary/aromatic N) is 3. The number of aromatic amines is 1. The molecule has 2 rings (SSSR count). The number of aromatic nitrogens is 3. The first-order chi connectivity index (χ1) is 9.16. The second-order valence-corrected chi connectivity index (χ2v) is 4.61. The minimum atomic E-state index is 0.111. The Morgan fingerprint density at radius 2 is 2.16 bits per heavy atom. The van der Waals surface area contributed by atoms with Crippen LogP contribution < -0.4 is 0 Å². The molecule has 0 aliphatic rings. The quantitative estimate of drug-likeness (QED) is 0.888. The van der Waals surface area contributed by atoms with Gasteiger partial charge in [-0.25, -0.2) is 4.98 Å². The van der Waals surface area contributed by atoms with E-state index in [0.717, 1.165) is 6.42 Å². The Hall–Kier alpha value is -2.17. The molecule has 0 aliphatic carbocycles. The molecule has 0 spiro atoms. The van der Waals surface area contributed by atoms with Gasteiger partial charge in [-0.15, -0.1) is 0 Å². The number of carbonyl (C=O) groups is 1. The summed E-state index contributed by atoms with van der Waals surface area (Å²) in [6.45, 7) is 2.53. The summed E-state index contributed by atoms with van der Waals surface area (Å²) < 4.78 is 0. The van der Waals surface area contributed by atoms with Gasteiger partial charge in [0, 0.05) is 13.5 Å². The average Bonchev–Trinajstić information content (AvgIpc) is 2.90. The smallest absolute Gasteiger partial charge is 0.223 e. The number of carbonyl (C=O) groups excluding carboxylic acids is 1. The van der Waals surface area contributed by atoms with Crippen molar-refractivity contribution in [3.63, 3.8) is 0 Å². The highest BCUT2D eigenvalue weighted by Gasteiger charge is 2.11. The number of nitrogens with one attached hydrogen (secondary N) is 1. The highest BCUT2D eigenvalue weighted by molar-refractivity contribution is 5.76. The fourth-order valence-electron chi connectivity index (χ4n) is 1.94. The standard InChI is InChI=1S/C14H18N4O/c1-11-5-3-4-6-12(11)7-8-14(19)18(2)9-13-15-10-16-17-13/h3-6,10H,7-9H2,1-2H3,(H,15,16,17). The van der Waals surface area contributed by atoms with Gasteiger partial charge in [-0.1, -0.05) is 24.3 Å². The van der Waals surface area contributed by atoms with Gasteiger partial charge in [-0.05, 0) is 24.5 Å². The maximum atomic E-state index is 12.0. The van der Waals surface area contributed by atoms with Crippen molar-refractivity contribution in [2.75, 3.05) is 7.05 Å². The number of benzene rings is 1. The summed E-state index contributed by atoms with van der Waals surface area (Å²) in [6.07, 6.45) is 2.72. The van der Waals surface area contributed by atoms with Crippen LogP contribution in [0.25, 0.3) is 0 Å². The summed E-state index contributed by atoms with van der Waals surface area (Å²) in [4.78, 5) is 17.7. The molecule has 0 aliphatic heterocycles. The number of aryl methyl sites for hydroxylation is 2. The molecule has 0 saturated heterocycles. The van der Waals surface area contributed by atoms with Crippen molar-refractivity contribution in [1.82, 2.24) is 20.1 Å². The van der Waals surface area contributed by atoms with Gasteiger partial charge in [0.2, 0.25) is 5.91 Å². The molecule has 0 radical (unpaired) electrons. The minimum Gasteiger partial charge on any atom is -0.338 e. The van der Waals surface area contributed by atoms with Crippen LogP contribution in [0.1, 0.15) is 23.4 Å². The van der Waals surface area contributed by atoms with Crippen LogP contribution in [0.3, 0.4) is 0 Å². The third-order valence-electron chi connectivity index (χ3n) is 3.15. The predicted octanol–water partition coefficient (Wildman–Crippen LogP) is 1.70. The topological polar surface area (TPSA) is 61.9 Å². The molecule has 0 bridgehead atoms. The molecule has 1 N–H and O–H groups in total. The Labute approximate surface area is 112 Å². The largest absolute Gasteiger partial charge is 0.338 e. The summed E-state index contributed by atoms with van der Waals surface area (Å²) in [5, 5.41) is 6.52. The summed E-state index contributed by atoms with van der Waals surface area (Å²) in [5.74, 6) is 0.811. The maximum Gasteiger partial charge on any atom is 0.223 e. The lowest BCUT2D eigenvalue weighted by Crippen LogP contribution is -2.27. The summed E-state index contributed by atoms with van der Waals surface area (Å²) in [7, 11) is 1.78. The molecule has 1 heterocycles. The Balaban J connectivity index is 1.86. The van der Waals surface area contributed by atoms with Gasteiger partial charge >= 0.3 is 0 Å². The second-order valence-electron chi connectivity index (χ2n) is 4.61. The fourth-order valence-corrected chi connectivity index (χ4v) is 1.94. The van der Waals surface area contributed by atoms with E-state index in [9.17, 15) is 4.79 Å². The first kappa shape index (κ1) is 13.3. The van der Waals surface area contributed by atoms with Gasteiger partial charge in [-0.3, -0.25) is 9.89 Å². The van der Waals surface area contributed by atoms with Crippen molar-refractivity contribution in [2.24, 2.45) is 0 Å². The molecule has 19 heavy (non-hydrogen) atoms. The molecule has 0 atom stereocenters. The molecule has 5 nitrogen and oxygen atoms in total. The van der Waals surface area contributed by atoms with Crippen LogP contribution in [0.5, 0.6) is 0 Å². The van der Waals surface area contributed by atoms with Crippen molar-refractivity contribution < 1.29 is 4.79 Å². The molecule has 0 fully saturated rings. The van der Waals surface area contributed by atoms with Crippen molar-refractivity contribution in [3.05, 3.63) is 47.5 Å². The van der Waals surface area contributed by atoms with E-state index in [1.165, 1.54) is 17.5 Å². The molecular formula is C14H18N4O. The lowest BCUT2D eigenvalue weighted by molar-refractivity contribution is -0.130. The lowest BCUT2D eigenvalue weighted by atomic mass is 10.0. The summed E-state index contributed by atoms with van der Waals surface area (Å²) in [5.41, 5.74) is 2.46. The van der Waals surface area contributed by atoms with E-state index in [0.29, 0.717) is 18.8 Å². The minimum absolute atomic E-state index is 0.111. The second kappa shape index (κ2) is 6.13. The van der Waals surface area contributed by atoms with Crippen molar-refractivity contribution >= 4 is 5.91 Å². The van der Waals surface area contributed by atoms with E-state index in [1.54, 1.807) is 11.9 Å². The van der Waals surface area contributed by atoms with Crippen LogP contribution in [0, 0.1) is 6.92 Å². The maximum absolute atomic E-state index is 12.0. The van der Waals surface area contributed by atoms with Gasteiger partial charge in [0.1, 0.15) is 12.2 Å². The van der Waals surface area contributed by atoms with E-state index in [4.69, 9.17) is 0 Å². The molecule has 1 aromatic carbocycles. The third-order valence-corrected chi connectivity index (χ3v) is 3.15. The molecule has 100 valence electrons. The molecular weight excluding hydrogens is 240 g/mol.